The van der Waals surface area contributed by atoms with Crippen molar-refractivity contribution < 1.29 is 9.84 Å². The lowest BCUT2D eigenvalue weighted by atomic mass is 10.5. The zero-order chi connectivity index (χ0) is 10.7. The second-order valence-corrected chi connectivity index (χ2v) is 2.79. The van der Waals surface area contributed by atoms with Gasteiger partial charge in [-0.2, -0.15) is 4.98 Å². The summed E-state index contributed by atoms with van der Waals surface area (Å²) in [6.45, 7) is 0.374. The molecule has 0 fully saturated rings. The molecule has 0 amide bonds. The molecule has 15 heavy (non-hydrogen) atoms. The minimum atomic E-state index is -0.0379. The van der Waals surface area contributed by atoms with Crippen molar-refractivity contribution in [2.45, 2.75) is 6.73 Å². The predicted molar refractivity (Wildman–Crippen MR) is 50.6 cm³/mol. The molecule has 2 aromatic rings. The summed E-state index contributed by atoms with van der Waals surface area (Å²) in [4.78, 5) is 7.76. The average Bonchev–Trinajstić information content (AvgIpc) is 2.62. The van der Waals surface area contributed by atoms with E-state index < -0.39 is 0 Å². The second-order valence-electron chi connectivity index (χ2n) is 2.79. The van der Waals surface area contributed by atoms with E-state index in [0.29, 0.717) is 11.2 Å². The van der Waals surface area contributed by atoms with Gasteiger partial charge in [0.2, 0.25) is 5.95 Å². The van der Waals surface area contributed by atoms with E-state index in [1.54, 1.807) is 0 Å². The summed E-state index contributed by atoms with van der Waals surface area (Å²) in [6, 6.07) is 0. The van der Waals surface area contributed by atoms with Gasteiger partial charge in [0.05, 0.1) is 19.4 Å². The number of ether oxygens (including phenoxy) is 1. The first-order valence-electron chi connectivity index (χ1n) is 4.31. The van der Waals surface area contributed by atoms with Gasteiger partial charge in [0.25, 0.3) is 0 Å². The van der Waals surface area contributed by atoms with Gasteiger partial charge in [-0.1, -0.05) is 5.21 Å². The summed E-state index contributed by atoms with van der Waals surface area (Å²) in [5, 5.41) is 16.2. The van der Waals surface area contributed by atoms with Crippen molar-refractivity contribution >= 4 is 17.1 Å². The number of aliphatic hydroxyl groups is 1. The molecule has 0 saturated carbocycles. The summed E-state index contributed by atoms with van der Waals surface area (Å²) in [6.07, 6.45) is 1.49. The molecule has 0 atom stereocenters. The zero-order valence-corrected chi connectivity index (χ0v) is 7.87. The topological polar surface area (TPSA) is 112 Å². The number of aromatic nitrogens is 5. The van der Waals surface area contributed by atoms with Gasteiger partial charge in [-0.3, -0.25) is 0 Å². The molecule has 8 nitrogen and oxygen atoms in total. The molecule has 0 aliphatic carbocycles. The highest BCUT2D eigenvalue weighted by atomic mass is 16.5. The van der Waals surface area contributed by atoms with Gasteiger partial charge in [0.15, 0.2) is 11.2 Å². The van der Waals surface area contributed by atoms with E-state index in [1.807, 2.05) is 0 Å². The number of fused-ring (bicyclic) bond motifs is 1. The first kappa shape index (κ1) is 9.74. The van der Waals surface area contributed by atoms with E-state index in [2.05, 4.69) is 20.3 Å². The summed E-state index contributed by atoms with van der Waals surface area (Å²) in [5.74, 6) is 0.160. The largest absolute Gasteiger partial charge is 0.394 e. The van der Waals surface area contributed by atoms with Crippen LogP contribution in [0.5, 0.6) is 0 Å². The molecule has 0 saturated heterocycles. The minimum absolute atomic E-state index is 0.0379. The van der Waals surface area contributed by atoms with Gasteiger partial charge in [-0.15, -0.1) is 5.10 Å². The monoisotopic (exact) mass is 210 g/mol. The van der Waals surface area contributed by atoms with Crippen LogP contribution in [0, 0.1) is 0 Å². The van der Waals surface area contributed by atoms with Crippen LogP contribution in [0.25, 0.3) is 11.2 Å². The fourth-order valence-corrected chi connectivity index (χ4v) is 1.09. The molecule has 0 aliphatic heterocycles. The number of anilines is 1. The van der Waals surface area contributed by atoms with Crippen molar-refractivity contribution in [3.05, 3.63) is 6.20 Å². The maximum atomic E-state index is 8.54. The van der Waals surface area contributed by atoms with Gasteiger partial charge in [-0.05, 0) is 0 Å². The van der Waals surface area contributed by atoms with Crippen LogP contribution in [-0.2, 0) is 11.5 Å². The van der Waals surface area contributed by atoms with Crippen LogP contribution < -0.4 is 5.73 Å². The molecule has 2 heterocycles. The zero-order valence-electron chi connectivity index (χ0n) is 7.87. The Bertz CT molecular complexity index is 456. The Balaban J connectivity index is 2.23. The molecule has 0 aromatic carbocycles. The molecule has 0 unspecified atom stereocenters. The molecular weight excluding hydrogens is 200 g/mol. The molecule has 2 rings (SSSR count). The normalized spacial score (nSPS) is 11.0. The van der Waals surface area contributed by atoms with E-state index in [4.69, 9.17) is 15.6 Å². The molecule has 0 bridgehead atoms. The lowest BCUT2D eigenvalue weighted by Gasteiger charge is -2.01. The molecular formula is C7H10N6O2. The lowest BCUT2D eigenvalue weighted by Crippen LogP contribution is -2.08. The molecule has 0 radical (unpaired) electrons. The molecule has 0 aliphatic rings. The van der Waals surface area contributed by atoms with Crippen molar-refractivity contribution in [1.82, 2.24) is 25.0 Å². The number of rotatable bonds is 4. The number of hydrogen-bond donors (Lipinski definition) is 2. The Labute approximate surface area is 84.7 Å². The number of nitrogens with two attached hydrogens (primary N) is 1. The highest BCUT2D eigenvalue weighted by Crippen LogP contribution is 2.07. The van der Waals surface area contributed by atoms with Crippen LogP contribution in [-0.4, -0.2) is 43.3 Å². The molecule has 2 aromatic heterocycles. The lowest BCUT2D eigenvalue weighted by molar-refractivity contribution is 0.0429. The Kier molecular flexibility index (Phi) is 2.70. The Morgan fingerprint density at radius 2 is 2.40 bits per heavy atom. The van der Waals surface area contributed by atoms with Crippen molar-refractivity contribution in [2.24, 2.45) is 0 Å². The van der Waals surface area contributed by atoms with Crippen molar-refractivity contribution in [2.75, 3.05) is 18.9 Å². The maximum Gasteiger partial charge on any atom is 0.222 e. The van der Waals surface area contributed by atoms with Gasteiger partial charge in [0.1, 0.15) is 6.73 Å². The Hall–Kier alpha value is -1.80. The quantitative estimate of drug-likeness (QED) is 0.607. The predicted octanol–water partition coefficient (Wildman–Crippen LogP) is -1.23. The molecule has 80 valence electrons. The van der Waals surface area contributed by atoms with Crippen LogP contribution in [0.1, 0.15) is 0 Å². The second kappa shape index (κ2) is 4.15. The third kappa shape index (κ3) is 2.00. The van der Waals surface area contributed by atoms with Gasteiger partial charge in [-0.25, -0.2) is 9.67 Å². The number of hydrogen-bond acceptors (Lipinski definition) is 7. The molecule has 0 spiro atoms. The van der Waals surface area contributed by atoms with Gasteiger partial charge in [0, 0.05) is 0 Å². The summed E-state index contributed by atoms with van der Waals surface area (Å²) < 4.78 is 6.53. The summed E-state index contributed by atoms with van der Waals surface area (Å²) in [7, 11) is 0. The standard InChI is InChI=1S/C7H10N6O2/c8-7-9-3-5-6(10-7)13(12-11-5)4-15-2-1-14/h3,14H,1-2,4H2,(H2,8,9,10). The third-order valence-electron chi connectivity index (χ3n) is 1.72. The number of aliphatic hydroxyl groups excluding tert-OH is 1. The van der Waals surface area contributed by atoms with Crippen molar-refractivity contribution in [1.29, 1.82) is 0 Å². The van der Waals surface area contributed by atoms with E-state index >= 15 is 0 Å². The van der Waals surface area contributed by atoms with E-state index in [-0.39, 0.29) is 25.9 Å². The van der Waals surface area contributed by atoms with Gasteiger partial charge < -0.3 is 15.6 Å². The maximum absolute atomic E-state index is 8.54. The van der Waals surface area contributed by atoms with Crippen LogP contribution in [0.15, 0.2) is 6.20 Å². The highest BCUT2D eigenvalue weighted by molar-refractivity contribution is 5.69. The van der Waals surface area contributed by atoms with Gasteiger partial charge >= 0.3 is 0 Å². The smallest absolute Gasteiger partial charge is 0.222 e. The van der Waals surface area contributed by atoms with Crippen molar-refractivity contribution in [3.63, 3.8) is 0 Å². The van der Waals surface area contributed by atoms with Crippen LogP contribution in [0.4, 0.5) is 5.95 Å². The first-order valence-corrected chi connectivity index (χ1v) is 4.31. The number of nitrogen functional groups attached to an aromatic ring is 1. The summed E-state index contributed by atoms with van der Waals surface area (Å²) in [5.41, 5.74) is 6.50. The Morgan fingerprint density at radius 1 is 1.53 bits per heavy atom. The third-order valence-corrected chi connectivity index (χ3v) is 1.72. The molecule has 8 heteroatoms. The van der Waals surface area contributed by atoms with E-state index in [0.717, 1.165) is 0 Å². The number of nitrogens with zero attached hydrogens (tertiary/aromatic N) is 5. The molecule has 3 N–H and O–H groups in total. The first-order chi connectivity index (χ1) is 7.31. The minimum Gasteiger partial charge on any atom is -0.394 e. The SMILES string of the molecule is Nc1ncc2nnn(COCCO)c2n1. The summed E-state index contributed by atoms with van der Waals surface area (Å²) >= 11 is 0. The van der Waals surface area contributed by atoms with E-state index in [1.165, 1.54) is 10.9 Å². The fourth-order valence-electron chi connectivity index (χ4n) is 1.09. The van der Waals surface area contributed by atoms with Crippen molar-refractivity contribution in [3.8, 4) is 0 Å². The average molecular weight is 210 g/mol. The Morgan fingerprint density at radius 3 is 3.20 bits per heavy atom. The van der Waals surface area contributed by atoms with E-state index in [9.17, 15) is 0 Å². The van der Waals surface area contributed by atoms with Crippen LogP contribution in [0.2, 0.25) is 0 Å². The fraction of sp³-hybridized carbons (Fsp3) is 0.429. The highest BCUT2D eigenvalue weighted by Gasteiger charge is 2.06. The van der Waals surface area contributed by atoms with Crippen LogP contribution in [0.3, 0.4) is 0 Å². The van der Waals surface area contributed by atoms with Crippen LogP contribution >= 0.6 is 0 Å².